The van der Waals surface area contributed by atoms with Crippen LogP contribution in [0.3, 0.4) is 0 Å². The molecule has 0 bridgehead atoms. The number of sulfone groups is 1. The van der Waals surface area contributed by atoms with Gasteiger partial charge in [-0.2, -0.15) is 28.1 Å². The Balaban J connectivity index is 1.48. The SMILES string of the molecule is CS(=O)(=O)CC(=O)Nc1c2c(nn1-c1cccnn1)CC[C@]1(CCc3cc(OCC(F)(F)F)ccc31)NC2=O. The molecule has 11 nitrogen and oxygen atoms in total. The molecule has 3 aromatic rings. The van der Waals surface area contributed by atoms with Gasteiger partial charge in [-0.15, -0.1) is 5.10 Å². The van der Waals surface area contributed by atoms with Crippen LogP contribution in [-0.4, -0.2) is 65.0 Å². The topological polar surface area (TPSA) is 145 Å². The minimum atomic E-state index is -4.46. The summed E-state index contributed by atoms with van der Waals surface area (Å²) in [5.74, 6) is -1.94. The van der Waals surface area contributed by atoms with Gasteiger partial charge in [0.15, 0.2) is 28.1 Å². The molecule has 0 saturated heterocycles. The lowest BCUT2D eigenvalue weighted by molar-refractivity contribution is -0.153. The van der Waals surface area contributed by atoms with Crippen molar-refractivity contribution in [3.8, 4) is 11.6 Å². The zero-order valence-corrected chi connectivity index (χ0v) is 21.4. The molecule has 15 heteroatoms. The van der Waals surface area contributed by atoms with E-state index in [9.17, 15) is 31.2 Å². The molecule has 1 aromatic carbocycles. The maximum Gasteiger partial charge on any atom is 0.422 e. The second kappa shape index (κ2) is 9.63. The maximum absolute atomic E-state index is 13.7. The fourth-order valence-electron chi connectivity index (χ4n) is 5.02. The molecule has 1 atom stereocenters. The average Bonchev–Trinajstić information content (AvgIpc) is 3.34. The number of halogens is 3. The summed E-state index contributed by atoms with van der Waals surface area (Å²) in [4.78, 5) is 26.2. The molecule has 2 amide bonds. The van der Waals surface area contributed by atoms with E-state index in [2.05, 4.69) is 25.9 Å². The van der Waals surface area contributed by atoms with Crippen molar-refractivity contribution in [2.45, 2.75) is 37.4 Å². The fraction of sp³-hybridized carbons (Fsp3) is 0.375. The van der Waals surface area contributed by atoms with E-state index in [1.54, 1.807) is 24.3 Å². The van der Waals surface area contributed by atoms with Gasteiger partial charge in [0.05, 0.1) is 11.2 Å². The number of anilines is 1. The monoisotopic (exact) mass is 564 g/mol. The second-order valence-corrected chi connectivity index (χ2v) is 11.7. The first-order chi connectivity index (χ1) is 18.3. The van der Waals surface area contributed by atoms with Crippen molar-refractivity contribution in [3.63, 3.8) is 0 Å². The lowest BCUT2D eigenvalue weighted by Crippen LogP contribution is -2.43. The minimum Gasteiger partial charge on any atom is -0.484 e. The number of carbonyl (C=O) groups excluding carboxylic acids is 2. The van der Waals surface area contributed by atoms with E-state index in [1.807, 2.05) is 0 Å². The number of hydrogen-bond donors (Lipinski definition) is 2. The highest BCUT2D eigenvalue weighted by Crippen LogP contribution is 2.44. The number of nitrogens with one attached hydrogen (secondary N) is 2. The molecule has 0 saturated carbocycles. The molecule has 1 aliphatic heterocycles. The summed E-state index contributed by atoms with van der Waals surface area (Å²) in [5, 5.41) is 17.9. The van der Waals surface area contributed by atoms with E-state index in [4.69, 9.17) is 4.74 Å². The third kappa shape index (κ3) is 5.57. The fourth-order valence-corrected chi connectivity index (χ4v) is 5.56. The molecule has 206 valence electrons. The Morgan fingerprint density at radius 3 is 2.69 bits per heavy atom. The largest absolute Gasteiger partial charge is 0.484 e. The number of aromatic nitrogens is 4. The van der Waals surface area contributed by atoms with E-state index in [0.717, 1.165) is 17.4 Å². The lowest BCUT2D eigenvalue weighted by atomic mass is 9.87. The van der Waals surface area contributed by atoms with Gasteiger partial charge in [-0.05, 0) is 61.1 Å². The number of fused-ring (bicyclic) bond motifs is 3. The number of carbonyl (C=O) groups is 2. The number of ether oxygens (including phenoxy) is 1. The first kappa shape index (κ1) is 26.6. The predicted molar refractivity (Wildman–Crippen MR) is 131 cm³/mol. The molecule has 2 N–H and O–H groups in total. The van der Waals surface area contributed by atoms with Crippen LogP contribution in [0.5, 0.6) is 5.75 Å². The van der Waals surface area contributed by atoms with E-state index < -0.39 is 45.7 Å². The first-order valence-corrected chi connectivity index (χ1v) is 13.9. The normalized spacial score (nSPS) is 18.7. The van der Waals surface area contributed by atoms with Crippen molar-refractivity contribution >= 4 is 27.5 Å². The van der Waals surface area contributed by atoms with E-state index in [1.165, 1.54) is 16.9 Å². The van der Waals surface area contributed by atoms with Gasteiger partial charge in [-0.1, -0.05) is 6.07 Å². The van der Waals surface area contributed by atoms with Crippen molar-refractivity contribution in [3.05, 3.63) is 58.9 Å². The van der Waals surface area contributed by atoms with Gasteiger partial charge in [0, 0.05) is 12.5 Å². The van der Waals surface area contributed by atoms with Gasteiger partial charge in [-0.25, -0.2) is 8.42 Å². The van der Waals surface area contributed by atoms with Crippen LogP contribution in [0.15, 0.2) is 36.5 Å². The lowest BCUT2D eigenvalue weighted by Gasteiger charge is -2.30. The Kier molecular flexibility index (Phi) is 6.56. The summed E-state index contributed by atoms with van der Waals surface area (Å²) in [6.45, 7) is -1.40. The van der Waals surface area contributed by atoms with E-state index in [-0.39, 0.29) is 22.9 Å². The molecule has 2 aliphatic rings. The van der Waals surface area contributed by atoms with Gasteiger partial charge in [0.2, 0.25) is 5.91 Å². The zero-order valence-electron chi connectivity index (χ0n) is 20.6. The van der Waals surface area contributed by atoms with Crippen LogP contribution in [0, 0.1) is 0 Å². The Labute approximate surface area is 220 Å². The van der Waals surface area contributed by atoms with Crippen molar-refractivity contribution in [2.75, 3.05) is 23.9 Å². The molecule has 0 unspecified atom stereocenters. The summed E-state index contributed by atoms with van der Waals surface area (Å²) in [5.41, 5.74) is 1.15. The van der Waals surface area contributed by atoms with Crippen molar-refractivity contribution < 1.29 is 35.9 Å². The van der Waals surface area contributed by atoms with Crippen LogP contribution >= 0.6 is 0 Å². The van der Waals surface area contributed by atoms with Gasteiger partial charge >= 0.3 is 6.18 Å². The molecule has 1 spiro atoms. The van der Waals surface area contributed by atoms with Crippen molar-refractivity contribution in [1.29, 1.82) is 0 Å². The molecule has 1 aliphatic carbocycles. The number of alkyl halides is 3. The first-order valence-electron chi connectivity index (χ1n) is 11.9. The molecule has 0 fully saturated rings. The quantitative estimate of drug-likeness (QED) is 0.463. The molecular formula is C24H23F3N6O5S. The predicted octanol–water partition coefficient (Wildman–Crippen LogP) is 2.10. The number of nitrogens with zero attached hydrogens (tertiary/aromatic N) is 4. The second-order valence-electron chi connectivity index (χ2n) is 9.54. The zero-order chi connectivity index (χ0) is 28.0. The standard InChI is InChI=1S/C24H23F3N6O5S/c1-39(36,37)12-19(34)29-21-20-17(32-33(21)18-3-2-10-28-31-18)7-9-23(30-22(20)35)8-6-14-11-15(4-5-16(14)23)38-13-24(25,26)27/h2-5,10-11H,6-9,12-13H2,1H3,(H,29,34)(H,30,35)/t23-/m0/s1. The van der Waals surface area contributed by atoms with Gasteiger partial charge in [-0.3, -0.25) is 9.59 Å². The number of amides is 2. The highest BCUT2D eigenvalue weighted by Gasteiger charge is 2.44. The highest BCUT2D eigenvalue weighted by atomic mass is 32.2. The molecule has 0 radical (unpaired) electrons. The van der Waals surface area contributed by atoms with E-state index in [0.29, 0.717) is 31.4 Å². The van der Waals surface area contributed by atoms with Crippen LogP contribution in [0.25, 0.3) is 5.82 Å². The molecule has 5 rings (SSSR count). The molecule has 3 heterocycles. The summed E-state index contributed by atoms with van der Waals surface area (Å²) in [7, 11) is -3.66. The summed E-state index contributed by atoms with van der Waals surface area (Å²) in [6.07, 6.45) is -0.365. The van der Waals surface area contributed by atoms with Crippen molar-refractivity contribution in [1.82, 2.24) is 25.3 Å². The Bertz CT molecular complexity index is 1560. The summed E-state index contributed by atoms with van der Waals surface area (Å²) < 4.78 is 67.2. The van der Waals surface area contributed by atoms with Gasteiger partial charge in [0.1, 0.15) is 17.1 Å². The molecule has 2 aromatic heterocycles. The smallest absolute Gasteiger partial charge is 0.422 e. The van der Waals surface area contributed by atoms with Crippen LogP contribution in [-0.2, 0) is 33.0 Å². The Morgan fingerprint density at radius 1 is 1.23 bits per heavy atom. The number of benzene rings is 1. The summed E-state index contributed by atoms with van der Waals surface area (Å²) >= 11 is 0. The molecule has 39 heavy (non-hydrogen) atoms. The third-order valence-corrected chi connectivity index (χ3v) is 7.36. The van der Waals surface area contributed by atoms with E-state index >= 15 is 0 Å². The van der Waals surface area contributed by atoms with Gasteiger partial charge in [0.25, 0.3) is 5.91 Å². The third-order valence-electron chi connectivity index (χ3n) is 6.57. The number of aryl methyl sites for hydroxylation is 2. The minimum absolute atomic E-state index is 0.0391. The van der Waals surface area contributed by atoms with Crippen LogP contribution in [0.1, 0.15) is 40.0 Å². The van der Waals surface area contributed by atoms with Crippen LogP contribution < -0.4 is 15.4 Å². The maximum atomic E-state index is 13.7. The van der Waals surface area contributed by atoms with Gasteiger partial charge < -0.3 is 15.4 Å². The summed E-state index contributed by atoms with van der Waals surface area (Å²) in [6, 6.07) is 7.81. The van der Waals surface area contributed by atoms with Crippen LogP contribution in [0.4, 0.5) is 19.0 Å². The molecular weight excluding hydrogens is 541 g/mol. The average molecular weight is 565 g/mol. The number of rotatable bonds is 6. The number of hydrogen-bond acceptors (Lipinski definition) is 8. The Hall–Kier alpha value is -4.01. The van der Waals surface area contributed by atoms with Crippen LogP contribution in [0.2, 0.25) is 0 Å². The van der Waals surface area contributed by atoms with Crippen molar-refractivity contribution in [2.24, 2.45) is 0 Å². The Morgan fingerprint density at radius 2 is 2.00 bits per heavy atom. The highest BCUT2D eigenvalue weighted by molar-refractivity contribution is 7.91.